The summed E-state index contributed by atoms with van der Waals surface area (Å²) in [5.74, 6) is 0. The number of unbranched alkanes of at least 4 members (excludes halogenated alkanes) is 6. The van der Waals surface area contributed by atoms with Gasteiger partial charge in [0.15, 0.2) is 0 Å². The molecule has 103 valence electrons. The fraction of sp³-hybridized carbons (Fsp3) is 0.938. The molecular formula is C16H35Si. The largest absolute Gasteiger partial charge is 0.0654 e. The Hall–Kier alpha value is 0.217. The fourth-order valence-electron chi connectivity index (χ4n) is 2.62. The Morgan fingerprint density at radius 3 is 1.12 bits per heavy atom. The minimum Gasteiger partial charge on any atom is -0.0654 e. The van der Waals surface area contributed by atoms with E-state index in [1.54, 1.807) is 0 Å². The molecule has 0 heterocycles. The van der Waals surface area contributed by atoms with Gasteiger partial charge in [0.05, 0.1) is 8.07 Å². The lowest BCUT2D eigenvalue weighted by Gasteiger charge is -2.27. The summed E-state index contributed by atoms with van der Waals surface area (Å²) in [5, 5.41) is 0. The molecule has 0 N–H and O–H groups in total. The van der Waals surface area contributed by atoms with E-state index in [9.17, 15) is 0 Å². The van der Waals surface area contributed by atoms with Crippen LogP contribution in [-0.2, 0) is 0 Å². The molecule has 1 radical (unpaired) electrons. The van der Waals surface area contributed by atoms with Crippen LogP contribution in [0.4, 0.5) is 0 Å². The van der Waals surface area contributed by atoms with Gasteiger partial charge in [-0.2, -0.15) is 0 Å². The summed E-state index contributed by atoms with van der Waals surface area (Å²) in [6.45, 7) is 11.6. The molecule has 0 aromatic rings. The van der Waals surface area contributed by atoms with E-state index in [1.807, 2.05) is 0 Å². The molecular weight excluding hydrogens is 220 g/mol. The average Bonchev–Trinajstić information content (AvgIpc) is 2.30. The maximum absolute atomic E-state index is 4.72. The van der Waals surface area contributed by atoms with Crippen molar-refractivity contribution in [2.24, 2.45) is 0 Å². The van der Waals surface area contributed by atoms with Crippen molar-refractivity contribution in [1.82, 2.24) is 0 Å². The van der Waals surface area contributed by atoms with Gasteiger partial charge in [-0.3, -0.25) is 0 Å². The van der Waals surface area contributed by atoms with Gasteiger partial charge in [0, 0.05) is 0 Å². The van der Waals surface area contributed by atoms with Gasteiger partial charge < -0.3 is 0 Å². The molecule has 0 nitrogen and oxygen atoms in total. The highest BCUT2D eigenvalue weighted by Crippen LogP contribution is 2.28. The van der Waals surface area contributed by atoms with Crippen LogP contribution in [-0.4, -0.2) is 8.07 Å². The molecule has 0 saturated heterocycles. The first-order valence-corrected chi connectivity index (χ1v) is 10.9. The van der Waals surface area contributed by atoms with Crippen LogP contribution in [0.25, 0.3) is 0 Å². The summed E-state index contributed by atoms with van der Waals surface area (Å²) < 4.78 is 0. The standard InChI is InChI=1S/C16H35Si/c1-5-8-11-14-17(4,15-12-9-6-2)16-13-10-7-3/h4-16H2,1-3H3. The lowest BCUT2D eigenvalue weighted by Crippen LogP contribution is -2.30. The van der Waals surface area contributed by atoms with Crippen molar-refractivity contribution < 1.29 is 0 Å². The van der Waals surface area contributed by atoms with Gasteiger partial charge in [-0.15, -0.1) is 0 Å². The van der Waals surface area contributed by atoms with E-state index < -0.39 is 8.07 Å². The van der Waals surface area contributed by atoms with E-state index in [2.05, 4.69) is 20.8 Å². The second kappa shape index (κ2) is 11.3. The first-order chi connectivity index (χ1) is 8.18. The molecule has 17 heavy (non-hydrogen) atoms. The van der Waals surface area contributed by atoms with E-state index in [0.717, 1.165) is 0 Å². The lowest BCUT2D eigenvalue weighted by molar-refractivity contribution is 0.719. The summed E-state index contributed by atoms with van der Waals surface area (Å²) in [7, 11) is -1.11. The van der Waals surface area contributed by atoms with Gasteiger partial charge in [-0.05, 0) is 0 Å². The normalized spacial score (nSPS) is 12.0. The van der Waals surface area contributed by atoms with Crippen molar-refractivity contribution in [3.63, 3.8) is 0 Å². The Kier molecular flexibility index (Phi) is 11.5. The summed E-state index contributed by atoms with van der Waals surface area (Å²) >= 11 is 0. The zero-order valence-corrected chi connectivity index (χ0v) is 13.7. The van der Waals surface area contributed by atoms with Gasteiger partial charge in [0.1, 0.15) is 0 Å². The lowest BCUT2D eigenvalue weighted by atomic mass is 10.3. The minimum absolute atomic E-state index is 1.11. The second-order valence-corrected chi connectivity index (χ2v) is 10.4. The fourth-order valence-corrected chi connectivity index (χ4v) is 6.37. The highest BCUT2D eigenvalue weighted by atomic mass is 28.3. The van der Waals surface area contributed by atoms with Gasteiger partial charge in [-0.25, -0.2) is 0 Å². The molecule has 0 aromatic heterocycles. The van der Waals surface area contributed by atoms with Crippen molar-refractivity contribution in [2.75, 3.05) is 0 Å². The summed E-state index contributed by atoms with van der Waals surface area (Å²) in [5.41, 5.74) is 0. The first kappa shape index (κ1) is 17.2. The maximum atomic E-state index is 4.72. The van der Waals surface area contributed by atoms with Crippen LogP contribution in [0.5, 0.6) is 0 Å². The predicted octanol–water partition coefficient (Wildman–Crippen LogP) is 6.38. The van der Waals surface area contributed by atoms with Crippen LogP contribution in [0.3, 0.4) is 0 Å². The molecule has 0 rings (SSSR count). The first-order valence-electron chi connectivity index (χ1n) is 8.04. The molecule has 0 aliphatic carbocycles. The number of hydrogen-bond donors (Lipinski definition) is 0. The van der Waals surface area contributed by atoms with Crippen LogP contribution in [0.1, 0.15) is 78.6 Å². The number of hydrogen-bond acceptors (Lipinski definition) is 0. The molecule has 0 amide bonds. The highest BCUT2D eigenvalue weighted by Gasteiger charge is 2.24. The predicted molar refractivity (Wildman–Crippen MR) is 84.1 cm³/mol. The van der Waals surface area contributed by atoms with Crippen molar-refractivity contribution in [3.8, 4) is 0 Å². The van der Waals surface area contributed by atoms with Crippen molar-refractivity contribution in [2.45, 2.75) is 96.7 Å². The van der Waals surface area contributed by atoms with Crippen LogP contribution in [0, 0.1) is 6.55 Å². The smallest absolute Gasteiger partial charge is 0.0533 e. The average molecular weight is 256 g/mol. The van der Waals surface area contributed by atoms with Crippen LogP contribution in [0.2, 0.25) is 18.1 Å². The second-order valence-electron chi connectivity index (χ2n) is 5.87. The molecule has 0 saturated carbocycles. The molecule has 0 aliphatic heterocycles. The minimum atomic E-state index is -1.11. The van der Waals surface area contributed by atoms with Gasteiger partial charge >= 0.3 is 0 Å². The van der Waals surface area contributed by atoms with Crippen molar-refractivity contribution >= 4 is 8.07 Å². The summed E-state index contributed by atoms with van der Waals surface area (Å²) in [6.07, 6.45) is 12.7. The zero-order valence-electron chi connectivity index (χ0n) is 12.7. The van der Waals surface area contributed by atoms with Crippen LogP contribution < -0.4 is 0 Å². The Bertz CT molecular complexity index is 127. The Labute approximate surface area is 112 Å². The Morgan fingerprint density at radius 1 is 0.588 bits per heavy atom. The third-order valence-corrected chi connectivity index (χ3v) is 8.17. The van der Waals surface area contributed by atoms with E-state index in [0.29, 0.717) is 0 Å². The zero-order chi connectivity index (χ0) is 13.0. The van der Waals surface area contributed by atoms with E-state index >= 15 is 0 Å². The molecule has 0 unspecified atom stereocenters. The Morgan fingerprint density at radius 2 is 0.882 bits per heavy atom. The molecule has 0 bridgehead atoms. The van der Waals surface area contributed by atoms with Crippen molar-refractivity contribution in [3.05, 3.63) is 6.55 Å². The molecule has 0 aromatic carbocycles. The van der Waals surface area contributed by atoms with E-state index in [-0.39, 0.29) is 0 Å². The topological polar surface area (TPSA) is 0 Å². The van der Waals surface area contributed by atoms with Crippen molar-refractivity contribution in [1.29, 1.82) is 0 Å². The molecule has 0 spiro atoms. The SMILES string of the molecule is [CH2][Si](CCCCC)(CCCCC)CCCCC. The van der Waals surface area contributed by atoms with E-state index in [4.69, 9.17) is 6.55 Å². The number of rotatable bonds is 12. The summed E-state index contributed by atoms with van der Waals surface area (Å²) in [4.78, 5) is 0. The van der Waals surface area contributed by atoms with Gasteiger partial charge in [0.2, 0.25) is 0 Å². The van der Waals surface area contributed by atoms with E-state index in [1.165, 1.54) is 75.9 Å². The molecule has 1 heteroatoms. The molecule has 0 aliphatic rings. The Balaban J connectivity index is 3.95. The highest BCUT2D eigenvalue weighted by molar-refractivity contribution is 6.81. The van der Waals surface area contributed by atoms with Crippen LogP contribution in [0.15, 0.2) is 0 Å². The molecule has 0 fully saturated rings. The third-order valence-electron chi connectivity index (χ3n) is 3.93. The monoisotopic (exact) mass is 255 g/mol. The van der Waals surface area contributed by atoms with Gasteiger partial charge in [0.25, 0.3) is 0 Å². The summed E-state index contributed by atoms with van der Waals surface area (Å²) in [6, 6.07) is 4.48. The van der Waals surface area contributed by atoms with Crippen LogP contribution >= 0.6 is 0 Å². The quantitative estimate of drug-likeness (QED) is 0.280. The van der Waals surface area contributed by atoms with Gasteiger partial charge in [-0.1, -0.05) is 103 Å². The maximum Gasteiger partial charge on any atom is 0.0533 e. The molecule has 0 atom stereocenters. The third kappa shape index (κ3) is 9.88.